The molecular weight excluding hydrogens is 308 g/mol. The zero-order chi connectivity index (χ0) is 15.6. The number of carbonyl (C=O) groups is 1. The molecule has 1 atom stereocenters. The molecule has 1 N–H and O–H groups in total. The van der Waals surface area contributed by atoms with E-state index >= 15 is 0 Å². The first kappa shape index (κ1) is 16.2. The smallest absolute Gasteiger partial charge is 0.313 e. The summed E-state index contributed by atoms with van der Waals surface area (Å²) in [6, 6.07) is 0.258. The van der Waals surface area contributed by atoms with Crippen LogP contribution < -0.4 is 0 Å². The monoisotopic (exact) mass is 328 g/mol. The summed E-state index contributed by atoms with van der Waals surface area (Å²) in [6.07, 6.45) is 3.10. The second kappa shape index (κ2) is 6.74. The molecule has 116 valence electrons. The van der Waals surface area contributed by atoms with Gasteiger partial charge in [-0.3, -0.25) is 9.48 Å². The van der Waals surface area contributed by atoms with Crippen molar-refractivity contribution in [1.82, 2.24) is 19.3 Å². The van der Waals surface area contributed by atoms with Crippen molar-refractivity contribution < 1.29 is 9.90 Å². The van der Waals surface area contributed by atoms with Gasteiger partial charge < -0.3 is 9.67 Å². The van der Waals surface area contributed by atoms with E-state index in [4.69, 9.17) is 5.11 Å². The highest BCUT2D eigenvalue weighted by Gasteiger charge is 2.21. The fourth-order valence-electron chi connectivity index (χ4n) is 2.32. The van der Waals surface area contributed by atoms with Crippen molar-refractivity contribution in [1.29, 1.82) is 0 Å². The predicted molar refractivity (Wildman–Crippen MR) is 87.3 cm³/mol. The summed E-state index contributed by atoms with van der Waals surface area (Å²) in [5.41, 5.74) is 2.70. The molecule has 0 amide bonds. The summed E-state index contributed by atoms with van der Waals surface area (Å²) in [6.45, 7) is 4.07. The first-order valence-electron chi connectivity index (χ1n) is 6.70. The van der Waals surface area contributed by atoms with Gasteiger partial charge in [0.15, 0.2) is 10.8 Å². The van der Waals surface area contributed by atoms with Crippen LogP contribution in [0.2, 0.25) is 0 Å². The molecule has 0 aliphatic carbocycles. The Labute approximate surface area is 132 Å². The van der Waals surface area contributed by atoms with E-state index in [1.165, 1.54) is 11.8 Å². The second-order valence-electron chi connectivity index (χ2n) is 4.96. The number of aryl methyl sites for hydroxylation is 2. The number of rotatable bonds is 7. The van der Waals surface area contributed by atoms with E-state index in [1.807, 2.05) is 30.4 Å². The van der Waals surface area contributed by atoms with Crippen LogP contribution in [0.25, 0.3) is 11.2 Å². The minimum atomic E-state index is -0.829. The molecule has 2 heterocycles. The number of fused-ring (bicyclic) bond motifs is 1. The number of thioether (sulfide) groups is 2. The van der Waals surface area contributed by atoms with Crippen LogP contribution in [0.3, 0.4) is 0 Å². The lowest BCUT2D eigenvalue weighted by molar-refractivity contribution is -0.133. The van der Waals surface area contributed by atoms with Crippen molar-refractivity contribution >= 4 is 40.7 Å². The Balaban J connectivity index is 2.45. The molecular formula is C13H20N4O2S2. The summed E-state index contributed by atoms with van der Waals surface area (Å²) < 4.78 is 3.96. The minimum absolute atomic E-state index is 0.0189. The summed E-state index contributed by atoms with van der Waals surface area (Å²) in [4.78, 5) is 15.4. The number of carboxylic acids is 1. The highest BCUT2D eigenvalue weighted by molar-refractivity contribution is 7.99. The van der Waals surface area contributed by atoms with Gasteiger partial charge in [-0.15, -0.1) is 0 Å². The third-order valence-corrected chi connectivity index (χ3v) is 4.89. The third kappa shape index (κ3) is 3.37. The number of imidazole rings is 1. The van der Waals surface area contributed by atoms with E-state index in [-0.39, 0.29) is 11.8 Å². The summed E-state index contributed by atoms with van der Waals surface area (Å²) in [7, 11) is 1.90. The SMILES string of the molecule is CSCCC(C)n1c(SCC(=O)O)nc2c(C)nn(C)c21. The Hall–Kier alpha value is -1.15. The van der Waals surface area contributed by atoms with Crippen molar-refractivity contribution in [2.24, 2.45) is 7.05 Å². The van der Waals surface area contributed by atoms with E-state index in [1.54, 1.807) is 0 Å². The largest absolute Gasteiger partial charge is 0.481 e. The molecule has 2 aromatic heterocycles. The van der Waals surface area contributed by atoms with Crippen LogP contribution in [0.15, 0.2) is 5.16 Å². The van der Waals surface area contributed by atoms with Crippen LogP contribution in [0, 0.1) is 6.92 Å². The van der Waals surface area contributed by atoms with Gasteiger partial charge in [0.05, 0.1) is 11.4 Å². The molecule has 0 saturated heterocycles. The maximum atomic E-state index is 10.8. The summed E-state index contributed by atoms with van der Waals surface area (Å²) in [5, 5.41) is 14.1. The molecule has 0 aromatic carbocycles. The van der Waals surface area contributed by atoms with Gasteiger partial charge >= 0.3 is 5.97 Å². The van der Waals surface area contributed by atoms with E-state index < -0.39 is 5.97 Å². The Kier molecular flexibility index (Phi) is 5.21. The lowest BCUT2D eigenvalue weighted by Crippen LogP contribution is -2.11. The number of aliphatic carboxylic acids is 1. The first-order valence-corrected chi connectivity index (χ1v) is 9.08. The lowest BCUT2D eigenvalue weighted by atomic mass is 10.2. The molecule has 21 heavy (non-hydrogen) atoms. The van der Waals surface area contributed by atoms with Crippen molar-refractivity contribution in [3.8, 4) is 0 Å². The Bertz CT molecular complexity index is 650. The third-order valence-electron chi connectivity index (χ3n) is 3.31. The molecule has 2 rings (SSSR count). The van der Waals surface area contributed by atoms with Gasteiger partial charge in [-0.1, -0.05) is 11.8 Å². The molecule has 0 spiro atoms. The number of aromatic nitrogens is 4. The first-order chi connectivity index (χ1) is 9.95. The van der Waals surface area contributed by atoms with Gasteiger partial charge in [0.25, 0.3) is 0 Å². The van der Waals surface area contributed by atoms with E-state index in [2.05, 4.69) is 27.8 Å². The molecule has 1 unspecified atom stereocenters. The average molecular weight is 328 g/mol. The van der Waals surface area contributed by atoms with E-state index in [0.29, 0.717) is 0 Å². The van der Waals surface area contributed by atoms with E-state index in [9.17, 15) is 4.79 Å². The Morgan fingerprint density at radius 2 is 2.19 bits per heavy atom. The molecule has 0 aliphatic rings. The van der Waals surface area contributed by atoms with Crippen LogP contribution >= 0.6 is 23.5 Å². The topological polar surface area (TPSA) is 72.9 Å². The molecule has 2 aromatic rings. The Morgan fingerprint density at radius 1 is 1.48 bits per heavy atom. The van der Waals surface area contributed by atoms with E-state index in [0.717, 1.165) is 34.2 Å². The zero-order valence-corrected chi connectivity index (χ0v) is 14.3. The van der Waals surface area contributed by atoms with Crippen molar-refractivity contribution in [3.63, 3.8) is 0 Å². The van der Waals surface area contributed by atoms with Gasteiger partial charge in [-0.25, -0.2) is 4.98 Å². The molecule has 0 radical (unpaired) electrons. The minimum Gasteiger partial charge on any atom is -0.481 e. The van der Waals surface area contributed by atoms with Crippen LogP contribution in [0.5, 0.6) is 0 Å². The van der Waals surface area contributed by atoms with Gasteiger partial charge in [-0.05, 0) is 32.3 Å². The summed E-state index contributed by atoms with van der Waals surface area (Å²) in [5.74, 6) is 0.247. The number of carboxylic acid groups (broad SMARTS) is 1. The van der Waals surface area contributed by atoms with Gasteiger partial charge in [0, 0.05) is 13.1 Å². The number of hydrogen-bond donors (Lipinski definition) is 1. The quantitative estimate of drug-likeness (QED) is 0.788. The van der Waals surface area contributed by atoms with Crippen molar-refractivity contribution in [3.05, 3.63) is 5.69 Å². The van der Waals surface area contributed by atoms with Crippen LogP contribution in [0.4, 0.5) is 0 Å². The molecule has 0 fully saturated rings. The van der Waals surface area contributed by atoms with Crippen LogP contribution in [-0.2, 0) is 11.8 Å². The van der Waals surface area contributed by atoms with Crippen LogP contribution in [-0.4, -0.2) is 48.2 Å². The highest BCUT2D eigenvalue weighted by Crippen LogP contribution is 2.30. The molecule has 0 bridgehead atoms. The van der Waals surface area contributed by atoms with Crippen LogP contribution in [0.1, 0.15) is 25.1 Å². The average Bonchev–Trinajstić information content (AvgIpc) is 2.93. The maximum Gasteiger partial charge on any atom is 0.313 e. The number of hydrogen-bond acceptors (Lipinski definition) is 5. The fourth-order valence-corrected chi connectivity index (χ4v) is 3.71. The highest BCUT2D eigenvalue weighted by atomic mass is 32.2. The zero-order valence-electron chi connectivity index (χ0n) is 12.7. The molecule has 8 heteroatoms. The Morgan fingerprint density at radius 3 is 2.81 bits per heavy atom. The maximum absolute atomic E-state index is 10.8. The van der Waals surface area contributed by atoms with Gasteiger partial charge in [-0.2, -0.15) is 16.9 Å². The van der Waals surface area contributed by atoms with Gasteiger partial charge in [0.1, 0.15) is 5.52 Å². The second-order valence-corrected chi connectivity index (χ2v) is 6.89. The summed E-state index contributed by atoms with van der Waals surface area (Å²) >= 11 is 3.08. The van der Waals surface area contributed by atoms with Crippen molar-refractivity contribution in [2.75, 3.05) is 17.8 Å². The molecule has 0 saturated carbocycles. The number of nitrogens with zero attached hydrogens (tertiary/aromatic N) is 4. The van der Waals surface area contributed by atoms with Gasteiger partial charge in [0.2, 0.25) is 0 Å². The normalized spacial score (nSPS) is 13.0. The fraction of sp³-hybridized carbons (Fsp3) is 0.615. The molecule has 6 nitrogen and oxygen atoms in total. The standard InChI is InChI=1S/C13H20N4O2S2/c1-8(5-6-20-4)17-12-11(9(2)15-16(12)3)14-13(17)21-7-10(18)19/h8H,5-7H2,1-4H3,(H,18,19). The lowest BCUT2D eigenvalue weighted by Gasteiger charge is -2.16. The molecule has 0 aliphatic heterocycles. The van der Waals surface area contributed by atoms with Crippen molar-refractivity contribution in [2.45, 2.75) is 31.5 Å². The predicted octanol–water partition coefficient (Wildman–Crippen LogP) is 2.57.